The molecule has 0 saturated carbocycles. The number of carbonyl (C=O) groups is 2. The molecule has 2 aliphatic rings. The molecule has 30 heavy (non-hydrogen) atoms. The number of hydrogen-bond acceptors (Lipinski definition) is 7. The van der Waals surface area contributed by atoms with Gasteiger partial charge in [-0.05, 0) is 24.1 Å². The van der Waals surface area contributed by atoms with Crippen molar-refractivity contribution in [3.05, 3.63) is 23.8 Å². The van der Waals surface area contributed by atoms with Crippen molar-refractivity contribution in [1.29, 1.82) is 0 Å². The van der Waals surface area contributed by atoms with Crippen molar-refractivity contribution < 1.29 is 32.6 Å². The first kappa shape index (κ1) is 22.4. The molecule has 0 radical (unpaired) electrons. The fourth-order valence-corrected chi connectivity index (χ4v) is 7.55. The smallest absolute Gasteiger partial charge is 0.303 e. The Morgan fingerprint density at radius 1 is 1.20 bits per heavy atom. The number of thioether (sulfide) groups is 1. The first-order chi connectivity index (χ1) is 14.2. The Morgan fingerprint density at radius 3 is 2.60 bits per heavy atom. The maximum absolute atomic E-state index is 12.1. The number of fused-ring (bicyclic) bond motifs is 1. The molecule has 0 unspecified atom stereocenters. The number of amidine groups is 1. The highest BCUT2D eigenvalue weighted by Gasteiger charge is 2.48. The number of nitrogens with zero attached hydrogens (tertiary/aromatic N) is 2. The summed E-state index contributed by atoms with van der Waals surface area (Å²) in [6.45, 7) is 0.476. The van der Waals surface area contributed by atoms with Crippen molar-refractivity contribution in [2.24, 2.45) is 4.99 Å². The van der Waals surface area contributed by atoms with Crippen LogP contribution in [0.3, 0.4) is 0 Å². The van der Waals surface area contributed by atoms with Gasteiger partial charge in [-0.3, -0.25) is 9.59 Å². The second-order valence-corrected chi connectivity index (χ2v) is 10.5. The molecule has 1 aromatic carbocycles. The van der Waals surface area contributed by atoms with Crippen LogP contribution in [0.25, 0.3) is 0 Å². The minimum atomic E-state index is -3.13. The van der Waals surface area contributed by atoms with Gasteiger partial charge in [0.2, 0.25) is 5.91 Å². The summed E-state index contributed by atoms with van der Waals surface area (Å²) in [4.78, 5) is 28.7. The second-order valence-electron chi connectivity index (χ2n) is 7.12. The van der Waals surface area contributed by atoms with E-state index in [4.69, 9.17) is 14.6 Å². The van der Waals surface area contributed by atoms with Crippen LogP contribution in [-0.2, 0) is 25.8 Å². The topological polar surface area (TPSA) is 123 Å². The lowest BCUT2D eigenvalue weighted by molar-refractivity contribution is -0.138. The Hall–Kier alpha value is -2.27. The van der Waals surface area contributed by atoms with Crippen LogP contribution in [0.4, 0.5) is 0 Å². The molecule has 0 spiro atoms. The van der Waals surface area contributed by atoms with Crippen LogP contribution in [0, 0.1) is 0 Å². The summed E-state index contributed by atoms with van der Waals surface area (Å²) in [5.74, 6) is -0.276. The van der Waals surface area contributed by atoms with Gasteiger partial charge in [-0.25, -0.2) is 8.42 Å². The number of methoxy groups -OCH3 is 2. The van der Waals surface area contributed by atoms with Gasteiger partial charge in [-0.2, -0.15) is 4.99 Å². The highest BCUT2D eigenvalue weighted by atomic mass is 32.2. The molecule has 2 saturated heterocycles. The van der Waals surface area contributed by atoms with Crippen LogP contribution >= 0.6 is 11.8 Å². The number of hydrogen-bond donors (Lipinski definition) is 1. The number of sulfone groups is 1. The van der Waals surface area contributed by atoms with Crippen LogP contribution in [0.1, 0.15) is 18.4 Å². The molecule has 164 valence electrons. The van der Waals surface area contributed by atoms with Gasteiger partial charge in [0.25, 0.3) is 0 Å². The van der Waals surface area contributed by atoms with E-state index in [2.05, 4.69) is 4.99 Å². The molecule has 1 aromatic rings. The van der Waals surface area contributed by atoms with E-state index in [1.165, 1.54) is 11.8 Å². The van der Waals surface area contributed by atoms with Crippen LogP contribution in [0.2, 0.25) is 0 Å². The highest BCUT2D eigenvalue weighted by molar-refractivity contribution is 8.15. The zero-order valence-electron chi connectivity index (χ0n) is 16.7. The summed E-state index contributed by atoms with van der Waals surface area (Å²) < 4.78 is 34.7. The Morgan fingerprint density at radius 2 is 1.93 bits per heavy atom. The molecule has 1 amide bonds. The summed E-state index contributed by atoms with van der Waals surface area (Å²) in [5.41, 5.74) is 0.971. The first-order valence-corrected chi connectivity index (χ1v) is 12.1. The molecule has 0 aliphatic carbocycles. The Kier molecular flexibility index (Phi) is 6.91. The third-order valence-electron chi connectivity index (χ3n) is 5.04. The number of aliphatic carboxylic acids is 1. The van der Waals surface area contributed by atoms with Gasteiger partial charge in [-0.15, -0.1) is 0 Å². The van der Waals surface area contributed by atoms with Gasteiger partial charge in [0, 0.05) is 18.2 Å². The number of aliphatic imine (C=N–C) groups is 1. The standard InChI is InChI=1S/C19H24N2O7S2/c1-27-14-4-3-12(9-15(14)28-2)7-8-21-13-10-30(25,26)11-16(13)29-19(21)20-17(22)5-6-18(23)24/h3-4,9,13,16H,5-8,10-11H2,1-2H3,(H,23,24)/t13-,16-/m1/s1. The molecule has 9 nitrogen and oxygen atoms in total. The molecule has 0 bridgehead atoms. The van der Waals surface area contributed by atoms with E-state index >= 15 is 0 Å². The Balaban J connectivity index is 1.77. The zero-order valence-corrected chi connectivity index (χ0v) is 18.4. The molecule has 2 aliphatic heterocycles. The Bertz CT molecular complexity index is 962. The third kappa shape index (κ3) is 5.25. The lowest BCUT2D eigenvalue weighted by Crippen LogP contribution is -2.39. The van der Waals surface area contributed by atoms with Crippen molar-refractivity contribution in [2.45, 2.75) is 30.6 Å². The van der Waals surface area contributed by atoms with Crippen molar-refractivity contribution in [1.82, 2.24) is 4.90 Å². The van der Waals surface area contributed by atoms with Crippen LogP contribution in [0.15, 0.2) is 23.2 Å². The van der Waals surface area contributed by atoms with E-state index in [1.807, 2.05) is 17.0 Å². The van der Waals surface area contributed by atoms with Gasteiger partial charge >= 0.3 is 5.97 Å². The molecule has 2 heterocycles. The van der Waals surface area contributed by atoms with E-state index in [-0.39, 0.29) is 35.6 Å². The number of carboxylic acid groups (broad SMARTS) is 1. The Labute approximate surface area is 179 Å². The SMILES string of the molecule is COc1ccc(CCN2C(=NC(=O)CCC(=O)O)S[C@@H]3CS(=O)(=O)C[C@H]32)cc1OC. The number of rotatable bonds is 8. The van der Waals surface area contributed by atoms with E-state index in [0.717, 1.165) is 5.56 Å². The molecule has 11 heteroatoms. The van der Waals surface area contributed by atoms with Crippen molar-refractivity contribution in [3.63, 3.8) is 0 Å². The van der Waals surface area contributed by atoms with Crippen LogP contribution < -0.4 is 9.47 Å². The maximum atomic E-state index is 12.1. The van der Waals surface area contributed by atoms with E-state index < -0.39 is 21.7 Å². The summed E-state index contributed by atoms with van der Waals surface area (Å²) in [7, 11) is -0.0160. The molecule has 1 N–H and O–H groups in total. The average Bonchev–Trinajstić information content (AvgIpc) is 3.15. The van der Waals surface area contributed by atoms with Gasteiger partial charge in [0.15, 0.2) is 26.5 Å². The summed E-state index contributed by atoms with van der Waals surface area (Å²) in [6, 6.07) is 5.33. The zero-order chi connectivity index (χ0) is 21.9. The van der Waals surface area contributed by atoms with Crippen LogP contribution in [0.5, 0.6) is 11.5 Å². The predicted molar refractivity (Wildman–Crippen MR) is 113 cm³/mol. The fourth-order valence-electron chi connectivity index (χ4n) is 3.56. The molecule has 0 aromatic heterocycles. The number of carbonyl (C=O) groups excluding carboxylic acids is 1. The van der Waals surface area contributed by atoms with E-state index in [0.29, 0.717) is 29.6 Å². The van der Waals surface area contributed by atoms with E-state index in [9.17, 15) is 18.0 Å². The van der Waals surface area contributed by atoms with Crippen molar-refractivity contribution in [3.8, 4) is 11.5 Å². The van der Waals surface area contributed by atoms with Crippen LogP contribution in [-0.4, -0.2) is 79.0 Å². The van der Waals surface area contributed by atoms with Crippen molar-refractivity contribution >= 4 is 38.6 Å². The third-order valence-corrected chi connectivity index (χ3v) is 8.28. The average molecular weight is 457 g/mol. The molecular formula is C19H24N2O7S2. The van der Waals surface area contributed by atoms with Gasteiger partial charge < -0.3 is 19.5 Å². The lowest BCUT2D eigenvalue weighted by Gasteiger charge is -2.24. The largest absolute Gasteiger partial charge is 0.493 e. The normalized spacial score (nSPS) is 23.4. The summed E-state index contributed by atoms with van der Waals surface area (Å²) in [6.07, 6.45) is 0.121. The van der Waals surface area contributed by atoms with Crippen molar-refractivity contribution in [2.75, 3.05) is 32.3 Å². The summed E-state index contributed by atoms with van der Waals surface area (Å²) >= 11 is 1.29. The minimum Gasteiger partial charge on any atom is -0.493 e. The van der Waals surface area contributed by atoms with E-state index in [1.54, 1.807) is 20.3 Å². The predicted octanol–water partition coefficient (Wildman–Crippen LogP) is 1.21. The number of benzene rings is 1. The first-order valence-electron chi connectivity index (χ1n) is 9.40. The number of ether oxygens (including phenoxy) is 2. The van der Waals surface area contributed by atoms with Gasteiger partial charge in [-0.1, -0.05) is 17.8 Å². The lowest BCUT2D eigenvalue weighted by atomic mass is 10.1. The quantitative estimate of drug-likeness (QED) is 0.615. The number of amides is 1. The summed E-state index contributed by atoms with van der Waals surface area (Å²) in [5, 5.41) is 9.05. The molecule has 2 atom stereocenters. The minimum absolute atomic E-state index is 0.0267. The fraction of sp³-hybridized carbons (Fsp3) is 0.526. The monoisotopic (exact) mass is 456 g/mol. The second kappa shape index (κ2) is 9.25. The molecular weight excluding hydrogens is 432 g/mol. The van der Waals surface area contributed by atoms with Gasteiger partial charge in [0.05, 0.1) is 38.2 Å². The molecule has 3 rings (SSSR count). The maximum Gasteiger partial charge on any atom is 0.303 e. The highest BCUT2D eigenvalue weighted by Crippen LogP contribution is 2.38. The van der Waals surface area contributed by atoms with Gasteiger partial charge in [0.1, 0.15) is 0 Å². The molecule has 2 fully saturated rings. The number of carboxylic acids is 1.